The van der Waals surface area contributed by atoms with Gasteiger partial charge in [0.05, 0.1) is 5.56 Å². The van der Waals surface area contributed by atoms with E-state index < -0.39 is 0 Å². The first-order valence-electron chi connectivity index (χ1n) is 6.47. The monoisotopic (exact) mass is 319 g/mol. The average Bonchev–Trinajstić information content (AvgIpc) is 2.66. The first-order chi connectivity index (χ1) is 8.69. The van der Waals surface area contributed by atoms with Gasteiger partial charge < -0.3 is 9.26 Å². The van der Waals surface area contributed by atoms with Gasteiger partial charge in [-0.1, -0.05) is 42.6 Å². The average molecular weight is 320 g/mol. The molecule has 0 radical (unpaired) electrons. The van der Waals surface area contributed by atoms with E-state index in [0.29, 0.717) is 11.2 Å². The number of nitrogens with zero attached hydrogens (tertiary/aromatic N) is 1. The number of rotatable bonds is 8. The van der Waals surface area contributed by atoms with Crippen molar-refractivity contribution in [2.75, 3.05) is 7.11 Å². The smallest absolute Gasteiger partial charge is 0.289 e. The second-order valence-corrected chi connectivity index (χ2v) is 5.00. The summed E-state index contributed by atoms with van der Waals surface area (Å²) in [4.78, 5) is 12.1. The Morgan fingerprint density at radius 2 is 1.94 bits per heavy atom. The summed E-state index contributed by atoms with van der Waals surface area (Å²) in [5, 5.41) is 0.533. The fourth-order valence-electron chi connectivity index (χ4n) is 2.22. The summed E-state index contributed by atoms with van der Waals surface area (Å²) in [6.45, 7) is 4.48. The zero-order valence-corrected chi connectivity index (χ0v) is 13.0. The third-order valence-corrected chi connectivity index (χ3v) is 3.58. The van der Waals surface area contributed by atoms with Crippen molar-refractivity contribution in [3.05, 3.63) is 21.7 Å². The van der Waals surface area contributed by atoms with E-state index in [1.807, 2.05) is 0 Å². The highest BCUT2D eigenvalue weighted by Gasteiger charge is 2.23. The minimum atomic E-state index is -0.0825. The molecule has 0 unspecified atom stereocenters. The van der Waals surface area contributed by atoms with E-state index in [0.717, 1.165) is 37.0 Å². The Labute approximate surface area is 116 Å². The lowest BCUT2D eigenvalue weighted by Crippen LogP contribution is -2.17. The number of aromatic nitrogens is 1. The molecule has 1 aromatic rings. The minimum Gasteiger partial charge on any atom is -0.378 e. The quantitative estimate of drug-likeness (QED) is 0.687. The zero-order valence-electron chi connectivity index (χ0n) is 11.4. The molecule has 5 heteroatoms. The molecule has 0 N–H and O–H groups in total. The van der Waals surface area contributed by atoms with Crippen LogP contribution in [-0.2, 0) is 16.8 Å². The van der Waals surface area contributed by atoms with E-state index in [1.54, 1.807) is 7.11 Å². The van der Waals surface area contributed by atoms with Crippen LogP contribution in [0.1, 0.15) is 56.8 Å². The summed E-state index contributed by atoms with van der Waals surface area (Å²) in [5.74, 6) is 1.16. The molecule has 0 fully saturated rings. The van der Waals surface area contributed by atoms with E-state index in [9.17, 15) is 4.79 Å². The first kappa shape index (κ1) is 15.5. The van der Waals surface area contributed by atoms with Gasteiger partial charge in [-0.15, -0.1) is 4.74 Å². The Hall–Kier alpha value is -0.550. The predicted octanol–water partition coefficient (Wildman–Crippen LogP) is 3.62. The summed E-state index contributed by atoms with van der Waals surface area (Å²) in [5.41, 5.74) is 0.653. The molecule has 0 aliphatic heterocycles. The first-order valence-corrected chi connectivity index (χ1v) is 7.59. The molecule has 0 saturated heterocycles. The van der Waals surface area contributed by atoms with Crippen LogP contribution >= 0.6 is 15.9 Å². The Kier molecular flexibility index (Phi) is 6.71. The third kappa shape index (κ3) is 3.48. The number of ether oxygens (including phenoxy) is 1. The van der Waals surface area contributed by atoms with Gasteiger partial charge in [0.15, 0.2) is 6.73 Å². The second-order valence-electron chi connectivity index (χ2n) is 4.44. The van der Waals surface area contributed by atoms with Crippen molar-refractivity contribution in [3.63, 3.8) is 0 Å². The number of hydrogen-bond donors (Lipinski definition) is 0. The maximum Gasteiger partial charge on any atom is 0.289 e. The van der Waals surface area contributed by atoms with Crippen molar-refractivity contribution in [2.45, 2.75) is 57.5 Å². The molecule has 0 saturated carbocycles. The predicted molar refractivity (Wildman–Crippen MR) is 75.2 cm³/mol. The number of methoxy groups -OCH3 is 1. The largest absolute Gasteiger partial charge is 0.378 e. The molecule has 0 bridgehead atoms. The molecule has 0 amide bonds. The van der Waals surface area contributed by atoms with E-state index in [1.165, 1.54) is 4.74 Å². The van der Waals surface area contributed by atoms with Crippen molar-refractivity contribution in [3.8, 4) is 0 Å². The molecule has 1 heterocycles. The molecule has 0 atom stereocenters. The Bertz CT molecular complexity index is 405. The molecule has 104 valence electrons. The van der Waals surface area contributed by atoms with Gasteiger partial charge in [0.25, 0.3) is 5.56 Å². The molecule has 1 aromatic heterocycles. The van der Waals surface area contributed by atoms with Gasteiger partial charge in [-0.2, -0.15) is 0 Å². The van der Waals surface area contributed by atoms with Gasteiger partial charge in [0.1, 0.15) is 5.76 Å². The Morgan fingerprint density at radius 1 is 1.33 bits per heavy atom. The Balaban J connectivity index is 3.11. The van der Waals surface area contributed by atoms with E-state index in [-0.39, 0.29) is 12.3 Å². The van der Waals surface area contributed by atoms with Gasteiger partial charge in [0, 0.05) is 18.4 Å². The SMILES string of the molecule is CCCC(CCC)c1on(COC)c(=O)c1CBr. The normalized spacial score (nSPS) is 11.4. The van der Waals surface area contributed by atoms with Crippen molar-refractivity contribution in [2.24, 2.45) is 0 Å². The van der Waals surface area contributed by atoms with Crippen LogP contribution in [0.15, 0.2) is 9.32 Å². The number of halogens is 1. The van der Waals surface area contributed by atoms with Crippen LogP contribution < -0.4 is 5.56 Å². The van der Waals surface area contributed by atoms with Crippen molar-refractivity contribution < 1.29 is 9.26 Å². The molecule has 18 heavy (non-hydrogen) atoms. The zero-order chi connectivity index (χ0) is 13.5. The van der Waals surface area contributed by atoms with Crippen LogP contribution in [0.25, 0.3) is 0 Å². The summed E-state index contributed by atoms with van der Waals surface area (Å²) in [6, 6.07) is 0. The highest BCUT2D eigenvalue weighted by molar-refractivity contribution is 9.08. The lowest BCUT2D eigenvalue weighted by Gasteiger charge is -2.12. The van der Waals surface area contributed by atoms with Crippen LogP contribution in [-0.4, -0.2) is 11.8 Å². The minimum absolute atomic E-state index is 0.0825. The van der Waals surface area contributed by atoms with Crippen LogP contribution in [0.2, 0.25) is 0 Å². The lowest BCUT2D eigenvalue weighted by atomic mass is 9.94. The van der Waals surface area contributed by atoms with Crippen molar-refractivity contribution in [1.29, 1.82) is 0 Å². The molecule has 1 rings (SSSR count). The summed E-state index contributed by atoms with van der Waals surface area (Å²) in [7, 11) is 1.55. The van der Waals surface area contributed by atoms with E-state index >= 15 is 0 Å². The van der Waals surface area contributed by atoms with Crippen LogP contribution in [0.3, 0.4) is 0 Å². The molecule has 0 aliphatic rings. The maximum absolute atomic E-state index is 12.1. The highest BCUT2D eigenvalue weighted by atomic mass is 79.9. The van der Waals surface area contributed by atoms with Gasteiger partial charge in [-0.3, -0.25) is 4.79 Å². The molecule has 0 spiro atoms. The molecule has 4 nitrogen and oxygen atoms in total. The van der Waals surface area contributed by atoms with Crippen LogP contribution in [0.5, 0.6) is 0 Å². The summed E-state index contributed by atoms with van der Waals surface area (Å²) < 4.78 is 12.0. The Morgan fingerprint density at radius 3 is 2.39 bits per heavy atom. The van der Waals surface area contributed by atoms with Crippen LogP contribution in [0.4, 0.5) is 0 Å². The fraction of sp³-hybridized carbons (Fsp3) is 0.769. The lowest BCUT2D eigenvalue weighted by molar-refractivity contribution is 0.0525. The summed E-state index contributed by atoms with van der Waals surface area (Å²) >= 11 is 3.38. The fourth-order valence-corrected chi connectivity index (χ4v) is 2.74. The van der Waals surface area contributed by atoms with Gasteiger partial charge in [-0.25, -0.2) is 0 Å². The number of alkyl halides is 1. The molecular weight excluding hydrogens is 298 g/mol. The van der Waals surface area contributed by atoms with Gasteiger partial charge >= 0.3 is 0 Å². The van der Waals surface area contributed by atoms with Gasteiger partial charge in [0.2, 0.25) is 0 Å². The molecule has 0 aromatic carbocycles. The van der Waals surface area contributed by atoms with E-state index in [2.05, 4.69) is 29.8 Å². The summed E-state index contributed by atoms with van der Waals surface area (Å²) in [6.07, 6.45) is 4.28. The number of hydrogen-bond acceptors (Lipinski definition) is 3. The highest BCUT2D eigenvalue weighted by Crippen LogP contribution is 2.29. The van der Waals surface area contributed by atoms with Gasteiger partial charge in [-0.05, 0) is 12.8 Å². The third-order valence-electron chi connectivity index (χ3n) is 3.02. The van der Waals surface area contributed by atoms with E-state index in [4.69, 9.17) is 9.26 Å². The van der Waals surface area contributed by atoms with Crippen LogP contribution in [0, 0.1) is 0 Å². The topological polar surface area (TPSA) is 44.4 Å². The molecular formula is C13H22BrNO3. The second kappa shape index (κ2) is 7.79. The maximum atomic E-state index is 12.1. The standard InChI is InChI=1S/C13H22BrNO3/c1-4-6-10(7-5-2)12-11(8-14)13(16)15(18-12)9-17-3/h10H,4-9H2,1-3H3. The van der Waals surface area contributed by atoms with Crippen molar-refractivity contribution >= 4 is 15.9 Å². The van der Waals surface area contributed by atoms with Crippen molar-refractivity contribution in [1.82, 2.24) is 4.74 Å². The molecule has 0 aliphatic carbocycles.